The number of aryl methyl sites for hydroxylation is 3. The van der Waals surface area contributed by atoms with E-state index in [1.54, 1.807) is 10.7 Å². The van der Waals surface area contributed by atoms with Gasteiger partial charge in [-0.3, -0.25) is 4.68 Å². The van der Waals surface area contributed by atoms with Crippen molar-refractivity contribution in [3.63, 3.8) is 0 Å². The Kier molecular flexibility index (Phi) is 4.49. The molecule has 0 saturated carbocycles. The number of hydrogen-bond acceptors (Lipinski definition) is 3. The fourth-order valence-electron chi connectivity index (χ4n) is 1.91. The summed E-state index contributed by atoms with van der Waals surface area (Å²) in [5.41, 5.74) is 1.78. The van der Waals surface area contributed by atoms with Crippen LogP contribution in [0.1, 0.15) is 25.1 Å². The lowest BCUT2D eigenvalue weighted by molar-refractivity contribution is 0.335. The molecule has 1 aromatic carbocycles. The number of benzene rings is 1. The van der Waals surface area contributed by atoms with E-state index >= 15 is 0 Å². The van der Waals surface area contributed by atoms with E-state index in [0.717, 1.165) is 30.0 Å². The van der Waals surface area contributed by atoms with Crippen molar-refractivity contribution < 1.29 is 9.13 Å². The van der Waals surface area contributed by atoms with Crippen molar-refractivity contribution >= 4 is 0 Å². The van der Waals surface area contributed by atoms with Crippen molar-refractivity contribution in [1.29, 1.82) is 0 Å². The zero-order valence-electron chi connectivity index (χ0n) is 11.3. The third kappa shape index (κ3) is 3.53. The molecule has 4 nitrogen and oxygen atoms in total. The lowest BCUT2D eigenvalue weighted by Gasteiger charge is -2.09. The lowest BCUT2D eigenvalue weighted by atomic mass is 10.1. The van der Waals surface area contributed by atoms with Gasteiger partial charge in [-0.25, -0.2) is 4.39 Å². The highest BCUT2D eigenvalue weighted by Crippen LogP contribution is 2.21. The largest absolute Gasteiger partial charge is 0.494 e. The molecule has 0 radical (unpaired) electrons. The van der Waals surface area contributed by atoms with Crippen LogP contribution in [0.15, 0.2) is 24.4 Å². The monoisotopic (exact) mass is 263 g/mol. The molecule has 0 unspecified atom stereocenters. The molecule has 0 aliphatic carbocycles. The summed E-state index contributed by atoms with van der Waals surface area (Å²) in [7, 11) is 0. The number of nitrogens with zero attached hydrogens (tertiary/aromatic N) is 3. The second-order valence-corrected chi connectivity index (χ2v) is 4.25. The Balaban J connectivity index is 2.07. The van der Waals surface area contributed by atoms with E-state index in [1.165, 1.54) is 12.1 Å². The summed E-state index contributed by atoms with van der Waals surface area (Å²) in [6, 6.07) is 4.62. The van der Waals surface area contributed by atoms with E-state index < -0.39 is 0 Å². The van der Waals surface area contributed by atoms with Gasteiger partial charge in [0.05, 0.1) is 12.3 Å². The molecule has 1 aromatic heterocycles. The van der Waals surface area contributed by atoms with E-state index in [-0.39, 0.29) is 5.82 Å². The van der Waals surface area contributed by atoms with E-state index in [2.05, 4.69) is 10.3 Å². The second-order valence-electron chi connectivity index (χ2n) is 4.25. The molecule has 2 aromatic rings. The van der Waals surface area contributed by atoms with E-state index in [4.69, 9.17) is 4.74 Å². The molecule has 0 aliphatic heterocycles. The van der Waals surface area contributed by atoms with Crippen molar-refractivity contribution in [2.45, 2.75) is 33.2 Å². The van der Waals surface area contributed by atoms with Crippen LogP contribution in [0.3, 0.4) is 0 Å². The fraction of sp³-hybridized carbons (Fsp3) is 0.429. The molecule has 19 heavy (non-hydrogen) atoms. The maximum Gasteiger partial charge on any atom is 0.123 e. The molecule has 0 aliphatic rings. The van der Waals surface area contributed by atoms with E-state index in [9.17, 15) is 4.39 Å². The Morgan fingerprint density at radius 1 is 1.26 bits per heavy atom. The van der Waals surface area contributed by atoms with Crippen LogP contribution in [-0.4, -0.2) is 21.6 Å². The highest BCUT2D eigenvalue weighted by atomic mass is 19.1. The topological polar surface area (TPSA) is 39.9 Å². The molecule has 1 heterocycles. The van der Waals surface area contributed by atoms with E-state index in [1.807, 2.05) is 20.0 Å². The van der Waals surface area contributed by atoms with Crippen LogP contribution in [0.5, 0.6) is 5.75 Å². The van der Waals surface area contributed by atoms with Gasteiger partial charge < -0.3 is 4.74 Å². The highest BCUT2D eigenvalue weighted by Gasteiger charge is 2.07. The van der Waals surface area contributed by atoms with Crippen LogP contribution in [0.4, 0.5) is 4.39 Å². The van der Waals surface area contributed by atoms with Crippen molar-refractivity contribution in [3.8, 4) is 5.75 Å². The molecule has 5 heteroatoms. The molecule has 0 atom stereocenters. The molecule has 0 N–H and O–H groups in total. The van der Waals surface area contributed by atoms with Crippen LogP contribution < -0.4 is 4.74 Å². The first kappa shape index (κ1) is 13.5. The standard InChI is InChI=1S/C14H18FN3O/c1-3-18-10-13(16-17-18)7-5-11-9-12(15)6-8-14(11)19-4-2/h6,8-10H,3-5,7H2,1-2H3. The van der Waals surface area contributed by atoms with Gasteiger partial charge in [0.2, 0.25) is 0 Å². The van der Waals surface area contributed by atoms with Gasteiger partial charge in [0, 0.05) is 12.7 Å². The molecular weight excluding hydrogens is 245 g/mol. The summed E-state index contributed by atoms with van der Waals surface area (Å²) in [6.07, 6.45) is 3.33. The molecule has 102 valence electrons. The van der Waals surface area contributed by atoms with Crippen molar-refractivity contribution in [3.05, 3.63) is 41.5 Å². The first-order valence-corrected chi connectivity index (χ1v) is 6.53. The van der Waals surface area contributed by atoms with Gasteiger partial charge in [-0.1, -0.05) is 5.21 Å². The molecular formula is C14H18FN3O. The van der Waals surface area contributed by atoms with Gasteiger partial charge in [0.1, 0.15) is 11.6 Å². The van der Waals surface area contributed by atoms with Gasteiger partial charge in [0.15, 0.2) is 0 Å². The zero-order chi connectivity index (χ0) is 13.7. The Morgan fingerprint density at radius 2 is 2.11 bits per heavy atom. The predicted molar refractivity (Wildman–Crippen MR) is 70.7 cm³/mol. The summed E-state index contributed by atoms with van der Waals surface area (Å²) in [5.74, 6) is 0.502. The Bertz CT molecular complexity index is 539. The molecule has 2 rings (SSSR count). The van der Waals surface area contributed by atoms with Crippen LogP contribution in [-0.2, 0) is 19.4 Å². The van der Waals surface area contributed by atoms with Crippen LogP contribution in [0.2, 0.25) is 0 Å². The van der Waals surface area contributed by atoms with Crippen LogP contribution in [0, 0.1) is 5.82 Å². The average Bonchev–Trinajstić information content (AvgIpc) is 2.87. The minimum absolute atomic E-state index is 0.240. The van der Waals surface area contributed by atoms with Crippen molar-refractivity contribution in [1.82, 2.24) is 15.0 Å². The molecule has 0 saturated heterocycles. The van der Waals surface area contributed by atoms with Gasteiger partial charge in [0.25, 0.3) is 0 Å². The maximum atomic E-state index is 13.3. The van der Waals surface area contributed by atoms with Crippen molar-refractivity contribution in [2.24, 2.45) is 0 Å². The quantitative estimate of drug-likeness (QED) is 0.804. The van der Waals surface area contributed by atoms with Crippen LogP contribution in [0.25, 0.3) is 0 Å². The SMILES string of the molecule is CCOc1ccc(F)cc1CCc1cn(CC)nn1. The van der Waals surface area contributed by atoms with Crippen LogP contribution >= 0.6 is 0 Å². The zero-order valence-corrected chi connectivity index (χ0v) is 11.3. The highest BCUT2D eigenvalue weighted by molar-refractivity contribution is 5.34. The summed E-state index contributed by atoms with van der Waals surface area (Å²) < 4.78 is 20.6. The molecule has 0 fully saturated rings. The summed E-state index contributed by atoms with van der Waals surface area (Å²) in [6.45, 7) is 5.31. The summed E-state index contributed by atoms with van der Waals surface area (Å²) >= 11 is 0. The minimum Gasteiger partial charge on any atom is -0.494 e. The minimum atomic E-state index is -0.240. The third-order valence-corrected chi connectivity index (χ3v) is 2.88. The smallest absolute Gasteiger partial charge is 0.123 e. The first-order valence-electron chi connectivity index (χ1n) is 6.53. The Morgan fingerprint density at radius 3 is 2.79 bits per heavy atom. The van der Waals surface area contributed by atoms with Gasteiger partial charge in [-0.15, -0.1) is 5.10 Å². The summed E-state index contributed by atoms with van der Waals surface area (Å²) in [5, 5.41) is 8.06. The van der Waals surface area contributed by atoms with Gasteiger partial charge in [-0.2, -0.15) is 0 Å². The fourth-order valence-corrected chi connectivity index (χ4v) is 1.91. The third-order valence-electron chi connectivity index (χ3n) is 2.88. The lowest BCUT2D eigenvalue weighted by Crippen LogP contribution is -1.99. The number of aromatic nitrogens is 3. The number of hydrogen-bond donors (Lipinski definition) is 0. The Labute approximate surface area is 112 Å². The number of halogens is 1. The normalized spacial score (nSPS) is 10.7. The maximum absolute atomic E-state index is 13.3. The number of ether oxygens (including phenoxy) is 1. The molecule has 0 spiro atoms. The van der Waals surface area contributed by atoms with Crippen molar-refractivity contribution in [2.75, 3.05) is 6.61 Å². The molecule has 0 bridgehead atoms. The van der Waals surface area contributed by atoms with Gasteiger partial charge >= 0.3 is 0 Å². The second kappa shape index (κ2) is 6.31. The Hall–Kier alpha value is -1.91. The average molecular weight is 263 g/mol. The van der Waals surface area contributed by atoms with E-state index in [0.29, 0.717) is 13.0 Å². The predicted octanol–water partition coefficient (Wildman–Crippen LogP) is 2.62. The first-order chi connectivity index (χ1) is 9.22. The van der Waals surface area contributed by atoms with Gasteiger partial charge in [-0.05, 0) is 50.5 Å². The molecule has 0 amide bonds. The number of rotatable bonds is 6. The summed E-state index contributed by atoms with van der Waals surface area (Å²) in [4.78, 5) is 0.